The predicted octanol–water partition coefficient (Wildman–Crippen LogP) is 4.75. The lowest BCUT2D eigenvalue weighted by molar-refractivity contribution is 0.0981. The number of hydrogen-bond acceptors (Lipinski definition) is 6. The van der Waals surface area contributed by atoms with Gasteiger partial charge in [0.2, 0.25) is 10.0 Å². The van der Waals surface area contributed by atoms with Crippen molar-refractivity contribution in [1.82, 2.24) is 9.37 Å². The molecule has 1 amide bonds. The third-order valence-electron chi connectivity index (χ3n) is 6.31. The number of amides is 1. The predicted molar refractivity (Wildman–Crippen MR) is 142 cm³/mol. The molecule has 1 unspecified atom stereocenters. The third kappa shape index (κ3) is 4.68. The lowest BCUT2D eigenvalue weighted by Gasteiger charge is -2.38. The molecule has 1 atom stereocenters. The Hall–Kier alpha value is -3.24. The number of hydroxylamine groups is 2. The van der Waals surface area contributed by atoms with E-state index in [0.717, 1.165) is 11.3 Å². The van der Waals surface area contributed by atoms with Crippen molar-refractivity contribution in [3.63, 3.8) is 0 Å². The number of para-hydroxylation sites is 2. The van der Waals surface area contributed by atoms with E-state index in [1.165, 1.54) is 27.8 Å². The normalized spacial score (nSPS) is 17.5. The summed E-state index contributed by atoms with van der Waals surface area (Å²) in [7, 11) is -3.99. The molecule has 1 aliphatic heterocycles. The molecule has 35 heavy (non-hydrogen) atoms. The first-order chi connectivity index (χ1) is 16.8. The molecule has 0 saturated heterocycles. The van der Waals surface area contributed by atoms with Crippen molar-refractivity contribution in [1.29, 1.82) is 0 Å². The van der Waals surface area contributed by atoms with Gasteiger partial charge in [0.1, 0.15) is 18.0 Å². The fraction of sp³-hybridized carbons (Fsp3) is 0.192. The van der Waals surface area contributed by atoms with Crippen molar-refractivity contribution >= 4 is 48.7 Å². The van der Waals surface area contributed by atoms with E-state index in [1.807, 2.05) is 23.1 Å². The van der Waals surface area contributed by atoms with Crippen molar-refractivity contribution in [2.75, 3.05) is 23.9 Å². The summed E-state index contributed by atoms with van der Waals surface area (Å²) in [5, 5.41) is 17.2. The molecular formula is C26H25N3O4S2. The van der Waals surface area contributed by atoms with Crippen LogP contribution in [0.1, 0.15) is 21.5 Å². The Balaban J connectivity index is 1.35. The van der Waals surface area contributed by atoms with E-state index in [9.17, 15) is 18.4 Å². The zero-order valence-corrected chi connectivity index (χ0v) is 20.8. The maximum absolute atomic E-state index is 13.9. The molecule has 1 N–H and O–H groups in total. The van der Waals surface area contributed by atoms with Crippen molar-refractivity contribution in [3.8, 4) is 0 Å². The number of carbonyl (C=O) groups excluding carboxylic acids is 1. The van der Waals surface area contributed by atoms with Crippen LogP contribution in [0.4, 0.5) is 11.4 Å². The van der Waals surface area contributed by atoms with Gasteiger partial charge in [-0.05, 0) is 47.7 Å². The summed E-state index contributed by atoms with van der Waals surface area (Å²) in [6.45, 7) is 2.54. The number of sulfonamides is 1. The average Bonchev–Trinajstić information content (AvgIpc) is 3.39. The van der Waals surface area contributed by atoms with Gasteiger partial charge in [0.05, 0.1) is 0 Å². The van der Waals surface area contributed by atoms with E-state index in [1.54, 1.807) is 41.7 Å². The van der Waals surface area contributed by atoms with Crippen LogP contribution in [-0.4, -0.2) is 33.3 Å². The fourth-order valence-corrected chi connectivity index (χ4v) is 6.67. The van der Waals surface area contributed by atoms with Gasteiger partial charge in [-0.2, -0.15) is 0 Å². The maximum Gasteiger partial charge on any atom is 0.264 e. The van der Waals surface area contributed by atoms with Crippen LogP contribution < -0.4 is 14.3 Å². The van der Waals surface area contributed by atoms with Crippen molar-refractivity contribution in [3.05, 3.63) is 100 Å². The Morgan fingerprint density at radius 1 is 1.06 bits per heavy atom. The number of hydrogen-bond donors (Lipinski definition) is 1. The van der Waals surface area contributed by atoms with Gasteiger partial charge in [-0.15, -0.1) is 11.3 Å². The molecule has 1 aromatic heterocycles. The van der Waals surface area contributed by atoms with E-state index >= 15 is 0 Å². The molecule has 5 rings (SSSR count). The van der Waals surface area contributed by atoms with E-state index in [4.69, 9.17) is 0 Å². The smallest absolute Gasteiger partial charge is 0.264 e. The van der Waals surface area contributed by atoms with Gasteiger partial charge in [0.15, 0.2) is 12.4 Å². The van der Waals surface area contributed by atoms with Gasteiger partial charge in [0.25, 0.3) is 5.91 Å². The van der Waals surface area contributed by atoms with Gasteiger partial charge < -0.3 is 14.8 Å². The van der Waals surface area contributed by atoms with E-state index in [-0.39, 0.29) is 18.8 Å². The quantitative estimate of drug-likeness (QED) is 0.288. The van der Waals surface area contributed by atoms with Crippen molar-refractivity contribution < 1.29 is 13.2 Å². The Morgan fingerprint density at radius 3 is 2.60 bits per heavy atom. The van der Waals surface area contributed by atoms with Crippen LogP contribution in [0, 0.1) is 12.1 Å². The number of fused-ring (bicyclic) bond motifs is 2. The van der Waals surface area contributed by atoms with Crippen molar-refractivity contribution in [2.45, 2.75) is 13.5 Å². The molecule has 3 aromatic carbocycles. The zero-order chi connectivity index (χ0) is 24.6. The molecule has 7 nitrogen and oxygen atoms in total. The molecule has 0 bridgehead atoms. The lowest BCUT2D eigenvalue weighted by Crippen LogP contribution is -2.49. The van der Waals surface area contributed by atoms with Crippen LogP contribution >= 0.6 is 11.3 Å². The van der Waals surface area contributed by atoms with E-state index in [0.29, 0.717) is 12.2 Å². The first-order valence-corrected chi connectivity index (χ1v) is 13.8. The van der Waals surface area contributed by atoms with Crippen LogP contribution in [0.2, 0.25) is 0 Å². The van der Waals surface area contributed by atoms with Gasteiger partial charge in [0, 0.05) is 28.3 Å². The zero-order valence-electron chi connectivity index (χ0n) is 19.2. The van der Waals surface area contributed by atoms with E-state index in [2.05, 4.69) is 29.2 Å². The molecule has 4 aromatic rings. The standard InChI is InChI=1S/C26H25N3O4S2/c1-19-8-7-13-24-25(19)21(17-34-24)16-28-18-29(31,23-12-6-5-11-22(23)28)14-15-35(32,33)27-26(30)20-9-3-2-4-10-20/h2-13,17H,14-16,18H2,1H3,(H,27,30). The van der Waals surface area contributed by atoms with Gasteiger partial charge >= 0.3 is 0 Å². The second-order valence-corrected chi connectivity index (χ2v) is 11.5. The molecule has 0 fully saturated rings. The summed E-state index contributed by atoms with van der Waals surface area (Å²) in [5.41, 5.74) is 3.93. The highest BCUT2D eigenvalue weighted by Crippen LogP contribution is 2.42. The lowest BCUT2D eigenvalue weighted by atomic mass is 10.1. The number of nitrogens with one attached hydrogen (secondary N) is 1. The van der Waals surface area contributed by atoms with Gasteiger partial charge in [-0.3, -0.25) is 4.79 Å². The summed E-state index contributed by atoms with van der Waals surface area (Å²) >= 11 is 1.68. The number of nitrogens with zero attached hydrogens (tertiary/aromatic N) is 2. The first-order valence-electron chi connectivity index (χ1n) is 11.2. The van der Waals surface area contributed by atoms with Crippen LogP contribution in [0.5, 0.6) is 0 Å². The first kappa shape index (κ1) is 23.5. The number of quaternary nitrogens is 1. The Labute approximate surface area is 208 Å². The molecule has 0 aliphatic carbocycles. The molecule has 0 spiro atoms. The highest BCUT2D eigenvalue weighted by molar-refractivity contribution is 7.90. The number of aryl methyl sites for hydroxylation is 1. The molecule has 9 heteroatoms. The molecular weight excluding hydrogens is 482 g/mol. The molecule has 0 saturated carbocycles. The Kier molecular flexibility index (Phi) is 6.10. The number of rotatable bonds is 7. The number of thiophene rings is 1. The second kappa shape index (κ2) is 9.09. The summed E-state index contributed by atoms with van der Waals surface area (Å²) in [6, 6.07) is 21.7. The van der Waals surface area contributed by atoms with Crippen LogP contribution in [0.25, 0.3) is 10.1 Å². The topological polar surface area (TPSA) is 89.5 Å². The average molecular weight is 508 g/mol. The number of anilines is 1. The SMILES string of the molecule is Cc1cccc2scc(CN3C[N+]([O-])(CCS(=O)(=O)NC(=O)c4ccccc4)c4ccccc43)c12. The minimum absolute atomic E-state index is 0.102. The minimum atomic E-state index is -3.99. The summed E-state index contributed by atoms with van der Waals surface area (Å²) in [4.78, 5) is 14.3. The monoisotopic (exact) mass is 507 g/mol. The molecule has 2 heterocycles. The minimum Gasteiger partial charge on any atom is -0.626 e. The van der Waals surface area contributed by atoms with Gasteiger partial charge in [-0.25, -0.2) is 13.1 Å². The van der Waals surface area contributed by atoms with Gasteiger partial charge in [-0.1, -0.05) is 42.5 Å². The third-order valence-corrected chi connectivity index (χ3v) is 8.52. The molecule has 1 aliphatic rings. The van der Waals surface area contributed by atoms with Crippen LogP contribution in [0.15, 0.2) is 78.2 Å². The van der Waals surface area contributed by atoms with E-state index < -0.39 is 26.3 Å². The summed E-state index contributed by atoms with van der Waals surface area (Å²) in [6.07, 6.45) is 0. The highest BCUT2D eigenvalue weighted by atomic mass is 32.2. The molecule has 180 valence electrons. The highest BCUT2D eigenvalue weighted by Gasteiger charge is 2.37. The molecule has 0 radical (unpaired) electrons. The largest absolute Gasteiger partial charge is 0.626 e. The maximum atomic E-state index is 13.9. The van der Waals surface area contributed by atoms with Crippen LogP contribution in [-0.2, 0) is 16.6 Å². The number of benzene rings is 3. The summed E-state index contributed by atoms with van der Waals surface area (Å²) < 4.78 is 27.8. The fourth-order valence-electron chi connectivity index (χ4n) is 4.61. The summed E-state index contributed by atoms with van der Waals surface area (Å²) in [5.74, 6) is -1.16. The Morgan fingerprint density at radius 2 is 1.80 bits per heavy atom. The number of carbonyl (C=O) groups is 1. The Bertz CT molecular complexity index is 1500. The van der Waals surface area contributed by atoms with Crippen LogP contribution in [0.3, 0.4) is 0 Å². The van der Waals surface area contributed by atoms with Crippen molar-refractivity contribution in [2.24, 2.45) is 0 Å². The second-order valence-electron chi connectivity index (χ2n) is 8.77.